The Morgan fingerprint density at radius 1 is 1.15 bits per heavy atom. The number of nitrogens with one attached hydrogen (secondary N) is 2. The Kier molecular flexibility index (Phi) is 7.29. The van der Waals surface area contributed by atoms with Crippen LogP contribution in [0.1, 0.15) is 12.5 Å². The molecule has 0 saturated heterocycles. The highest BCUT2D eigenvalue weighted by Gasteiger charge is 2.11. The summed E-state index contributed by atoms with van der Waals surface area (Å²) in [6.07, 6.45) is 0. The number of urea groups is 1. The van der Waals surface area contributed by atoms with Gasteiger partial charge in [0.25, 0.3) is 5.91 Å². The fraction of sp³-hybridized carbons (Fsp3) is 0.263. The largest absolute Gasteiger partial charge is 0.484 e. The molecule has 6 nitrogen and oxygen atoms in total. The van der Waals surface area contributed by atoms with Crippen LogP contribution in [0.25, 0.3) is 0 Å². The minimum atomic E-state index is -0.272. The number of rotatable bonds is 7. The quantitative estimate of drug-likeness (QED) is 0.777. The van der Waals surface area contributed by atoms with Gasteiger partial charge in [-0.1, -0.05) is 35.9 Å². The SMILES string of the molecule is CCNC(=O)COc1cccc(NC(=O)N(C)Cc2ccccc2Cl)c1. The van der Waals surface area contributed by atoms with Gasteiger partial charge < -0.3 is 20.3 Å². The number of carbonyl (C=O) groups is 2. The van der Waals surface area contributed by atoms with Crippen LogP contribution in [0, 0.1) is 0 Å². The standard InChI is InChI=1S/C19H22ClN3O3/c1-3-21-18(24)13-26-16-9-6-8-15(11-16)22-19(25)23(2)12-14-7-4-5-10-17(14)20/h4-11H,3,12-13H2,1-2H3,(H,21,24)(H,22,25). The molecule has 0 saturated carbocycles. The highest BCUT2D eigenvalue weighted by molar-refractivity contribution is 6.31. The number of halogens is 1. The van der Waals surface area contributed by atoms with Crippen LogP contribution in [0.4, 0.5) is 10.5 Å². The van der Waals surface area contributed by atoms with Crippen molar-refractivity contribution in [3.8, 4) is 5.75 Å². The summed E-state index contributed by atoms with van der Waals surface area (Å²) in [5.41, 5.74) is 1.44. The van der Waals surface area contributed by atoms with E-state index in [1.54, 1.807) is 37.4 Å². The molecule has 2 aromatic carbocycles. The molecule has 0 aliphatic carbocycles. The molecule has 0 atom stereocenters. The van der Waals surface area contributed by atoms with E-state index in [2.05, 4.69) is 10.6 Å². The number of hydrogen-bond acceptors (Lipinski definition) is 3. The van der Waals surface area contributed by atoms with Crippen LogP contribution in [-0.2, 0) is 11.3 Å². The van der Waals surface area contributed by atoms with Gasteiger partial charge in [-0.25, -0.2) is 4.79 Å². The van der Waals surface area contributed by atoms with Crippen molar-refractivity contribution in [1.82, 2.24) is 10.2 Å². The number of benzene rings is 2. The molecular formula is C19H22ClN3O3. The summed E-state index contributed by atoms with van der Waals surface area (Å²) in [5, 5.41) is 6.07. The summed E-state index contributed by atoms with van der Waals surface area (Å²) in [6.45, 7) is 2.71. The first-order valence-corrected chi connectivity index (χ1v) is 8.62. The maximum absolute atomic E-state index is 12.4. The molecule has 26 heavy (non-hydrogen) atoms. The first-order chi connectivity index (χ1) is 12.5. The van der Waals surface area contributed by atoms with Crippen LogP contribution in [0.3, 0.4) is 0 Å². The van der Waals surface area contributed by atoms with Crippen LogP contribution in [-0.4, -0.2) is 37.0 Å². The van der Waals surface area contributed by atoms with Gasteiger partial charge in [0.1, 0.15) is 5.75 Å². The van der Waals surface area contributed by atoms with Gasteiger partial charge in [-0.15, -0.1) is 0 Å². The maximum Gasteiger partial charge on any atom is 0.321 e. The van der Waals surface area contributed by atoms with E-state index in [1.165, 1.54) is 4.90 Å². The molecule has 0 bridgehead atoms. The number of ether oxygens (including phenoxy) is 1. The molecular weight excluding hydrogens is 354 g/mol. The number of amides is 3. The summed E-state index contributed by atoms with van der Waals surface area (Å²) < 4.78 is 5.42. The second kappa shape index (κ2) is 9.68. The monoisotopic (exact) mass is 375 g/mol. The molecule has 0 spiro atoms. The highest BCUT2D eigenvalue weighted by atomic mass is 35.5. The van der Waals surface area contributed by atoms with Gasteiger partial charge in [-0.2, -0.15) is 0 Å². The van der Waals surface area contributed by atoms with Crippen LogP contribution < -0.4 is 15.4 Å². The van der Waals surface area contributed by atoms with Crippen molar-refractivity contribution in [1.29, 1.82) is 0 Å². The molecule has 0 aliphatic heterocycles. The Morgan fingerprint density at radius 2 is 1.92 bits per heavy atom. The van der Waals surface area contributed by atoms with Crippen LogP contribution in [0.2, 0.25) is 5.02 Å². The summed E-state index contributed by atoms with van der Waals surface area (Å²) in [4.78, 5) is 25.3. The zero-order valence-electron chi connectivity index (χ0n) is 14.8. The average molecular weight is 376 g/mol. The Bertz CT molecular complexity index is 767. The second-order valence-corrected chi connectivity index (χ2v) is 6.05. The van der Waals surface area contributed by atoms with Gasteiger partial charge in [-0.05, 0) is 30.7 Å². The summed E-state index contributed by atoms with van der Waals surface area (Å²) >= 11 is 6.13. The highest BCUT2D eigenvalue weighted by Crippen LogP contribution is 2.19. The molecule has 7 heteroatoms. The second-order valence-electron chi connectivity index (χ2n) is 5.65. The normalized spacial score (nSPS) is 10.1. The predicted molar refractivity (Wildman–Crippen MR) is 103 cm³/mol. The lowest BCUT2D eigenvalue weighted by atomic mass is 10.2. The Balaban J connectivity index is 1.93. The smallest absolute Gasteiger partial charge is 0.321 e. The summed E-state index contributed by atoms with van der Waals surface area (Å²) in [5.74, 6) is 0.309. The molecule has 0 heterocycles. The molecule has 2 N–H and O–H groups in total. The van der Waals surface area contributed by atoms with E-state index < -0.39 is 0 Å². The third-order valence-electron chi connectivity index (χ3n) is 3.54. The van der Waals surface area contributed by atoms with Crippen LogP contribution in [0.5, 0.6) is 5.75 Å². The molecule has 138 valence electrons. The number of anilines is 1. The Morgan fingerprint density at radius 3 is 2.65 bits per heavy atom. The molecule has 0 fully saturated rings. The predicted octanol–water partition coefficient (Wildman–Crippen LogP) is 3.52. The van der Waals surface area contributed by atoms with Crippen molar-refractivity contribution in [3.63, 3.8) is 0 Å². The van der Waals surface area contributed by atoms with E-state index in [1.807, 2.05) is 25.1 Å². The molecule has 0 aromatic heterocycles. The molecule has 3 amide bonds. The number of nitrogens with zero attached hydrogens (tertiary/aromatic N) is 1. The zero-order valence-corrected chi connectivity index (χ0v) is 15.5. The van der Waals surface area contributed by atoms with E-state index in [4.69, 9.17) is 16.3 Å². The Labute approximate surface area is 158 Å². The lowest BCUT2D eigenvalue weighted by Gasteiger charge is -2.19. The van der Waals surface area contributed by atoms with Crippen molar-refractivity contribution < 1.29 is 14.3 Å². The van der Waals surface area contributed by atoms with Gasteiger partial charge in [0.05, 0.1) is 0 Å². The van der Waals surface area contributed by atoms with Gasteiger partial charge in [-0.3, -0.25) is 4.79 Å². The van der Waals surface area contributed by atoms with Crippen molar-refractivity contribution in [3.05, 3.63) is 59.1 Å². The third-order valence-corrected chi connectivity index (χ3v) is 3.91. The molecule has 0 unspecified atom stereocenters. The minimum Gasteiger partial charge on any atom is -0.484 e. The topological polar surface area (TPSA) is 70.7 Å². The fourth-order valence-corrected chi connectivity index (χ4v) is 2.43. The van der Waals surface area contributed by atoms with Crippen LogP contribution in [0.15, 0.2) is 48.5 Å². The minimum absolute atomic E-state index is 0.0718. The first kappa shape index (κ1) is 19.6. The first-order valence-electron chi connectivity index (χ1n) is 8.24. The summed E-state index contributed by atoms with van der Waals surface area (Å²) in [6, 6.07) is 14.0. The number of likely N-dealkylation sites (N-methyl/N-ethyl adjacent to an activating group) is 1. The molecule has 0 aliphatic rings. The summed E-state index contributed by atoms with van der Waals surface area (Å²) in [7, 11) is 1.69. The number of hydrogen-bond donors (Lipinski definition) is 2. The maximum atomic E-state index is 12.4. The Hall–Kier alpha value is -2.73. The molecule has 2 aromatic rings. The van der Waals surface area contributed by atoms with Gasteiger partial charge >= 0.3 is 6.03 Å². The van der Waals surface area contributed by atoms with Gasteiger partial charge in [0.2, 0.25) is 0 Å². The third kappa shape index (κ3) is 5.97. The molecule has 2 rings (SSSR count). The van der Waals surface area contributed by atoms with E-state index in [0.29, 0.717) is 29.5 Å². The van der Waals surface area contributed by atoms with Crippen molar-refractivity contribution in [2.24, 2.45) is 0 Å². The van der Waals surface area contributed by atoms with Gasteiger partial charge in [0.15, 0.2) is 6.61 Å². The van der Waals surface area contributed by atoms with Crippen LogP contribution >= 0.6 is 11.6 Å². The van der Waals surface area contributed by atoms with E-state index >= 15 is 0 Å². The van der Waals surface area contributed by atoms with Crippen molar-refractivity contribution >= 4 is 29.2 Å². The van der Waals surface area contributed by atoms with Crippen molar-refractivity contribution in [2.45, 2.75) is 13.5 Å². The lowest BCUT2D eigenvalue weighted by molar-refractivity contribution is -0.122. The van der Waals surface area contributed by atoms with Gasteiger partial charge in [0, 0.05) is 36.9 Å². The average Bonchev–Trinajstić information content (AvgIpc) is 2.62. The molecule has 0 radical (unpaired) electrons. The zero-order chi connectivity index (χ0) is 18.9. The van der Waals surface area contributed by atoms with E-state index in [-0.39, 0.29) is 18.5 Å². The lowest BCUT2D eigenvalue weighted by Crippen LogP contribution is -2.31. The fourth-order valence-electron chi connectivity index (χ4n) is 2.23. The van der Waals surface area contributed by atoms with Crippen molar-refractivity contribution in [2.75, 3.05) is 25.5 Å². The van der Waals surface area contributed by atoms with E-state index in [9.17, 15) is 9.59 Å². The number of carbonyl (C=O) groups excluding carboxylic acids is 2. The van der Waals surface area contributed by atoms with E-state index in [0.717, 1.165) is 5.56 Å².